The number of nitrogens with zero attached hydrogens (tertiary/aromatic N) is 3. The van der Waals surface area contributed by atoms with E-state index in [1.54, 1.807) is 29.4 Å². The Bertz CT molecular complexity index is 984. The molecule has 32 heavy (non-hydrogen) atoms. The van der Waals surface area contributed by atoms with Crippen LogP contribution in [0.1, 0.15) is 49.2 Å². The van der Waals surface area contributed by atoms with Crippen LogP contribution >= 0.6 is 0 Å². The highest BCUT2D eigenvalue weighted by atomic mass is 16.3. The third kappa shape index (κ3) is 4.22. The molecule has 0 aliphatic carbocycles. The monoisotopic (exact) mass is 438 g/mol. The topological polar surface area (TPSA) is 86.1 Å². The molecule has 2 aliphatic rings. The van der Waals surface area contributed by atoms with E-state index in [0.29, 0.717) is 30.1 Å². The van der Waals surface area contributed by atoms with Gasteiger partial charge in [-0.05, 0) is 63.4 Å². The molecular formula is C24H30N4O4. The molecule has 170 valence electrons. The van der Waals surface area contributed by atoms with Crippen molar-refractivity contribution in [3.05, 3.63) is 47.9 Å². The normalized spacial score (nSPS) is 17.6. The lowest BCUT2D eigenvalue weighted by Gasteiger charge is -2.45. The van der Waals surface area contributed by atoms with Crippen LogP contribution in [0.25, 0.3) is 0 Å². The fourth-order valence-corrected chi connectivity index (χ4v) is 4.55. The summed E-state index contributed by atoms with van der Waals surface area (Å²) >= 11 is 0. The number of rotatable bonds is 7. The second-order valence-corrected chi connectivity index (χ2v) is 8.17. The maximum absolute atomic E-state index is 13.4. The summed E-state index contributed by atoms with van der Waals surface area (Å²) in [6, 6.07) is 8.79. The van der Waals surface area contributed by atoms with Crippen LogP contribution in [0.3, 0.4) is 0 Å². The van der Waals surface area contributed by atoms with Crippen LogP contribution in [0.2, 0.25) is 0 Å². The van der Waals surface area contributed by atoms with Crippen LogP contribution in [-0.2, 0) is 16.1 Å². The molecule has 0 radical (unpaired) electrons. The van der Waals surface area contributed by atoms with Gasteiger partial charge in [0.2, 0.25) is 11.8 Å². The van der Waals surface area contributed by atoms with E-state index in [9.17, 15) is 14.4 Å². The highest BCUT2D eigenvalue weighted by molar-refractivity contribution is 6.09. The van der Waals surface area contributed by atoms with Crippen molar-refractivity contribution in [2.45, 2.75) is 45.7 Å². The zero-order chi connectivity index (χ0) is 22.7. The predicted molar refractivity (Wildman–Crippen MR) is 122 cm³/mol. The predicted octanol–water partition coefficient (Wildman–Crippen LogP) is 2.78. The first-order chi connectivity index (χ1) is 15.5. The Morgan fingerprint density at radius 3 is 2.69 bits per heavy atom. The van der Waals surface area contributed by atoms with Gasteiger partial charge in [-0.1, -0.05) is 0 Å². The molecule has 2 aliphatic heterocycles. The summed E-state index contributed by atoms with van der Waals surface area (Å²) in [5, 5.41) is 2.81. The lowest BCUT2D eigenvalue weighted by Crippen LogP contribution is -2.57. The molecular weight excluding hydrogens is 408 g/mol. The van der Waals surface area contributed by atoms with Gasteiger partial charge in [-0.3, -0.25) is 19.3 Å². The van der Waals surface area contributed by atoms with E-state index in [4.69, 9.17) is 4.42 Å². The van der Waals surface area contributed by atoms with Gasteiger partial charge in [-0.25, -0.2) is 0 Å². The zero-order valence-electron chi connectivity index (χ0n) is 18.7. The van der Waals surface area contributed by atoms with Gasteiger partial charge in [0.05, 0.1) is 24.2 Å². The largest absolute Gasteiger partial charge is 0.467 e. The first-order valence-electron chi connectivity index (χ1n) is 11.3. The Balaban J connectivity index is 1.63. The van der Waals surface area contributed by atoms with E-state index in [-0.39, 0.29) is 36.9 Å². The quantitative estimate of drug-likeness (QED) is 0.719. The van der Waals surface area contributed by atoms with Crippen LogP contribution < -0.4 is 15.1 Å². The standard InChI is InChI=1S/C24H30N4O4/c1-3-26(4-2)23(30)17-10-11-19-21(14-17)28(24(31)20-9-5-6-12-27(19)20)16-22(29)25-15-18-8-7-13-32-18/h7-8,10-11,13-14,20H,3-6,9,12,15-16H2,1-2H3,(H,25,29)/t20-/m1/s1. The molecule has 0 unspecified atom stereocenters. The highest BCUT2D eigenvalue weighted by Crippen LogP contribution is 2.40. The SMILES string of the molecule is CCN(CC)C(=O)c1ccc2c(c1)N(CC(=O)NCc1ccco1)C(=O)[C@H]1CCCCN21. The molecule has 1 saturated heterocycles. The first-order valence-corrected chi connectivity index (χ1v) is 11.3. The van der Waals surface area contributed by atoms with Gasteiger partial charge in [-0.15, -0.1) is 0 Å². The van der Waals surface area contributed by atoms with Crippen molar-refractivity contribution in [1.29, 1.82) is 0 Å². The molecule has 3 amide bonds. The Hall–Kier alpha value is -3.29. The lowest BCUT2D eigenvalue weighted by atomic mass is 9.95. The Kier molecular flexibility index (Phi) is 6.48. The minimum absolute atomic E-state index is 0.0757. The van der Waals surface area contributed by atoms with Crippen LogP contribution in [-0.4, -0.2) is 54.8 Å². The van der Waals surface area contributed by atoms with E-state index >= 15 is 0 Å². The van der Waals surface area contributed by atoms with Crippen molar-refractivity contribution in [3.63, 3.8) is 0 Å². The van der Waals surface area contributed by atoms with Crippen molar-refractivity contribution >= 4 is 29.1 Å². The second-order valence-electron chi connectivity index (χ2n) is 8.17. The molecule has 1 aromatic heterocycles. The number of piperidine rings is 1. The number of nitrogens with one attached hydrogen (secondary N) is 1. The maximum atomic E-state index is 13.4. The van der Waals surface area contributed by atoms with Crippen molar-refractivity contribution in [2.24, 2.45) is 0 Å². The van der Waals surface area contributed by atoms with Gasteiger partial charge in [0.1, 0.15) is 18.3 Å². The van der Waals surface area contributed by atoms with Gasteiger partial charge >= 0.3 is 0 Å². The van der Waals surface area contributed by atoms with E-state index in [0.717, 1.165) is 31.5 Å². The Morgan fingerprint density at radius 1 is 1.16 bits per heavy atom. The second kappa shape index (κ2) is 9.46. The first kappa shape index (κ1) is 21.9. The summed E-state index contributed by atoms with van der Waals surface area (Å²) in [7, 11) is 0. The van der Waals surface area contributed by atoms with Crippen LogP contribution in [0, 0.1) is 0 Å². The van der Waals surface area contributed by atoms with Gasteiger partial charge in [-0.2, -0.15) is 0 Å². The van der Waals surface area contributed by atoms with Crippen LogP contribution in [0.15, 0.2) is 41.0 Å². The summed E-state index contributed by atoms with van der Waals surface area (Å²) in [5.41, 5.74) is 2.06. The van der Waals surface area contributed by atoms with E-state index < -0.39 is 0 Å². The molecule has 0 saturated carbocycles. The maximum Gasteiger partial charge on any atom is 0.253 e. The molecule has 1 N–H and O–H groups in total. The van der Waals surface area contributed by atoms with Crippen LogP contribution in [0.4, 0.5) is 11.4 Å². The minimum Gasteiger partial charge on any atom is -0.467 e. The summed E-state index contributed by atoms with van der Waals surface area (Å²) in [6.07, 6.45) is 4.33. The summed E-state index contributed by atoms with van der Waals surface area (Å²) in [5.74, 6) is 0.214. The molecule has 8 nitrogen and oxygen atoms in total. The fraction of sp³-hybridized carbons (Fsp3) is 0.458. The van der Waals surface area contributed by atoms with Crippen LogP contribution in [0.5, 0.6) is 0 Å². The molecule has 1 fully saturated rings. The molecule has 4 rings (SSSR count). The summed E-state index contributed by atoms with van der Waals surface area (Å²) in [6.45, 7) is 6.06. The van der Waals surface area contributed by atoms with Gasteiger partial charge < -0.3 is 19.5 Å². The highest BCUT2D eigenvalue weighted by Gasteiger charge is 2.40. The molecule has 8 heteroatoms. The van der Waals surface area contributed by atoms with Crippen molar-refractivity contribution in [2.75, 3.05) is 36.0 Å². The number of fused-ring (bicyclic) bond motifs is 3. The number of carbonyl (C=O) groups excluding carboxylic acids is 3. The number of benzene rings is 1. The van der Waals surface area contributed by atoms with Gasteiger partial charge in [0, 0.05) is 25.2 Å². The number of furan rings is 1. The van der Waals surface area contributed by atoms with E-state index in [1.807, 2.05) is 26.0 Å². The average Bonchev–Trinajstić information content (AvgIpc) is 3.34. The summed E-state index contributed by atoms with van der Waals surface area (Å²) in [4.78, 5) is 44.5. The molecule has 1 atom stereocenters. The molecule has 1 aromatic carbocycles. The number of hydrogen-bond donors (Lipinski definition) is 1. The molecule has 0 bridgehead atoms. The molecule has 2 aromatic rings. The zero-order valence-corrected chi connectivity index (χ0v) is 18.7. The lowest BCUT2D eigenvalue weighted by molar-refractivity contribution is -0.125. The minimum atomic E-state index is -0.273. The van der Waals surface area contributed by atoms with Gasteiger partial charge in [0.25, 0.3) is 5.91 Å². The van der Waals surface area contributed by atoms with E-state index in [2.05, 4.69) is 10.2 Å². The van der Waals surface area contributed by atoms with Crippen molar-refractivity contribution in [3.8, 4) is 0 Å². The van der Waals surface area contributed by atoms with Crippen molar-refractivity contribution in [1.82, 2.24) is 10.2 Å². The number of amides is 3. The number of carbonyl (C=O) groups is 3. The summed E-state index contributed by atoms with van der Waals surface area (Å²) < 4.78 is 5.26. The number of hydrogen-bond acceptors (Lipinski definition) is 5. The molecule has 3 heterocycles. The Morgan fingerprint density at radius 2 is 1.97 bits per heavy atom. The van der Waals surface area contributed by atoms with Gasteiger partial charge in [0.15, 0.2) is 0 Å². The molecule has 0 spiro atoms. The third-order valence-electron chi connectivity index (χ3n) is 6.27. The number of anilines is 2. The van der Waals surface area contributed by atoms with Crippen molar-refractivity contribution < 1.29 is 18.8 Å². The fourth-order valence-electron chi connectivity index (χ4n) is 4.55. The Labute approximate surface area is 188 Å². The van der Waals surface area contributed by atoms with E-state index in [1.165, 1.54) is 4.90 Å². The average molecular weight is 439 g/mol. The smallest absolute Gasteiger partial charge is 0.253 e. The third-order valence-corrected chi connectivity index (χ3v) is 6.27.